The van der Waals surface area contributed by atoms with Gasteiger partial charge in [0, 0.05) is 13.1 Å². The summed E-state index contributed by atoms with van der Waals surface area (Å²) in [7, 11) is 0. The van der Waals surface area contributed by atoms with E-state index in [1.54, 1.807) is 0 Å². The first kappa shape index (κ1) is 18.7. The average molecular weight is 274 g/mol. The van der Waals surface area contributed by atoms with Gasteiger partial charge in [0.1, 0.15) is 0 Å². The Hall–Kier alpha value is -1.33. The standard InChI is InChI=1S/C14H18N2.2C2H6/c1-12-3-2-8-16(10-12)11-14-6-4-13(9-15)5-7-14;2*1-2/h4-7,12H,2-3,8,10-11H2,1H3;2*1-2H3. The van der Waals surface area contributed by atoms with Crippen molar-refractivity contribution < 1.29 is 0 Å². The van der Waals surface area contributed by atoms with E-state index in [2.05, 4.69) is 30.0 Å². The molecule has 1 aliphatic heterocycles. The third kappa shape index (κ3) is 6.73. The highest BCUT2D eigenvalue weighted by atomic mass is 15.1. The maximum absolute atomic E-state index is 8.72. The van der Waals surface area contributed by atoms with Gasteiger partial charge in [-0.05, 0) is 43.0 Å². The molecule has 0 aromatic heterocycles. The minimum Gasteiger partial charge on any atom is -0.299 e. The highest BCUT2D eigenvalue weighted by molar-refractivity contribution is 5.31. The zero-order valence-electron chi connectivity index (χ0n) is 13.8. The van der Waals surface area contributed by atoms with Crippen LogP contribution in [0.25, 0.3) is 0 Å². The molecule has 1 unspecified atom stereocenters. The van der Waals surface area contributed by atoms with E-state index < -0.39 is 0 Å². The van der Waals surface area contributed by atoms with E-state index in [0.717, 1.165) is 18.0 Å². The number of likely N-dealkylation sites (tertiary alicyclic amines) is 1. The first-order valence-electron chi connectivity index (χ1n) is 7.99. The summed E-state index contributed by atoms with van der Waals surface area (Å²) in [6.45, 7) is 13.8. The first-order chi connectivity index (χ1) is 9.78. The Morgan fingerprint density at radius 1 is 1.15 bits per heavy atom. The van der Waals surface area contributed by atoms with Crippen molar-refractivity contribution in [1.82, 2.24) is 4.90 Å². The van der Waals surface area contributed by atoms with Crippen molar-refractivity contribution in [2.75, 3.05) is 13.1 Å². The molecule has 2 nitrogen and oxygen atoms in total. The van der Waals surface area contributed by atoms with Crippen LogP contribution in [0.2, 0.25) is 0 Å². The number of nitriles is 1. The molecule has 1 saturated heterocycles. The maximum atomic E-state index is 8.72. The lowest BCUT2D eigenvalue weighted by Gasteiger charge is -2.30. The fourth-order valence-corrected chi connectivity index (χ4v) is 2.37. The van der Waals surface area contributed by atoms with Crippen LogP contribution in [0.5, 0.6) is 0 Å². The fraction of sp³-hybridized carbons (Fsp3) is 0.611. The summed E-state index contributed by atoms with van der Waals surface area (Å²) < 4.78 is 0. The third-order valence-electron chi connectivity index (χ3n) is 3.23. The monoisotopic (exact) mass is 274 g/mol. The summed E-state index contributed by atoms with van der Waals surface area (Å²) in [5.74, 6) is 0.826. The Labute approximate surface area is 125 Å². The van der Waals surface area contributed by atoms with Gasteiger partial charge in [-0.15, -0.1) is 0 Å². The van der Waals surface area contributed by atoms with E-state index in [1.165, 1.54) is 31.5 Å². The number of benzene rings is 1. The molecule has 0 N–H and O–H groups in total. The molecule has 1 aliphatic rings. The van der Waals surface area contributed by atoms with E-state index in [4.69, 9.17) is 5.26 Å². The molecule has 1 aromatic carbocycles. The molecule has 1 atom stereocenters. The minimum atomic E-state index is 0.746. The first-order valence-corrected chi connectivity index (χ1v) is 7.99. The van der Waals surface area contributed by atoms with Crippen molar-refractivity contribution in [2.24, 2.45) is 5.92 Å². The summed E-state index contributed by atoms with van der Waals surface area (Å²) in [5, 5.41) is 8.72. The van der Waals surface area contributed by atoms with Crippen LogP contribution in [-0.4, -0.2) is 18.0 Å². The van der Waals surface area contributed by atoms with Crippen molar-refractivity contribution in [1.29, 1.82) is 5.26 Å². The molecule has 0 bridgehead atoms. The fourth-order valence-electron chi connectivity index (χ4n) is 2.37. The Balaban J connectivity index is 0.000000829. The SMILES string of the molecule is CC.CC.CC1CCCN(Cc2ccc(C#N)cc2)C1. The lowest BCUT2D eigenvalue weighted by Crippen LogP contribution is -2.33. The largest absolute Gasteiger partial charge is 0.299 e. The predicted molar refractivity (Wildman–Crippen MR) is 87.5 cm³/mol. The van der Waals surface area contributed by atoms with Crippen molar-refractivity contribution in [3.05, 3.63) is 35.4 Å². The van der Waals surface area contributed by atoms with E-state index in [1.807, 2.05) is 39.8 Å². The molecule has 1 fully saturated rings. The molecule has 0 saturated carbocycles. The van der Waals surface area contributed by atoms with Gasteiger partial charge in [-0.3, -0.25) is 4.90 Å². The van der Waals surface area contributed by atoms with E-state index in [9.17, 15) is 0 Å². The highest BCUT2D eigenvalue weighted by Crippen LogP contribution is 2.17. The summed E-state index contributed by atoms with van der Waals surface area (Å²) >= 11 is 0. The number of hydrogen-bond donors (Lipinski definition) is 0. The Bertz CT molecular complexity index is 375. The minimum absolute atomic E-state index is 0.746. The molecule has 20 heavy (non-hydrogen) atoms. The summed E-state index contributed by atoms with van der Waals surface area (Å²) in [4.78, 5) is 2.51. The second-order valence-corrected chi connectivity index (χ2v) is 4.79. The van der Waals surface area contributed by atoms with Gasteiger partial charge in [0.15, 0.2) is 0 Å². The molecular formula is C18H30N2. The van der Waals surface area contributed by atoms with Gasteiger partial charge in [-0.2, -0.15) is 5.26 Å². The van der Waals surface area contributed by atoms with Crippen LogP contribution in [-0.2, 0) is 6.54 Å². The average Bonchev–Trinajstić information content (AvgIpc) is 2.52. The summed E-state index contributed by atoms with van der Waals surface area (Å²) in [6, 6.07) is 10.1. The molecule has 0 aliphatic carbocycles. The molecule has 0 amide bonds. The molecule has 1 heterocycles. The van der Waals surface area contributed by atoms with Gasteiger partial charge in [0.05, 0.1) is 11.6 Å². The third-order valence-corrected chi connectivity index (χ3v) is 3.23. The number of piperidine rings is 1. The van der Waals surface area contributed by atoms with Crippen LogP contribution < -0.4 is 0 Å². The van der Waals surface area contributed by atoms with Crippen LogP contribution in [0.4, 0.5) is 0 Å². The van der Waals surface area contributed by atoms with Crippen molar-refractivity contribution in [3.63, 3.8) is 0 Å². The second-order valence-electron chi connectivity index (χ2n) is 4.79. The smallest absolute Gasteiger partial charge is 0.0991 e. The quantitative estimate of drug-likeness (QED) is 0.771. The maximum Gasteiger partial charge on any atom is 0.0991 e. The van der Waals surface area contributed by atoms with Gasteiger partial charge >= 0.3 is 0 Å². The van der Waals surface area contributed by atoms with E-state index in [0.29, 0.717) is 0 Å². The van der Waals surface area contributed by atoms with Gasteiger partial charge in [0.2, 0.25) is 0 Å². The molecule has 112 valence electrons. The van der Waals surface area contributed by atoms with E-state index in [-0.39, 0.29) is 0 Å². The van der Waals surface area contributed by atoms with Crippen molar-refractivity contribution >= 4 is 0 Å². The zero-order chi connectivity index (χ0) is 15.4. The van der Waals surface area contributed by atoms with Gasteiger partial charge < -0.3 is 0 Å². The van der Waals surface area contributed by atoms with Crippen molar-refractivity contribution in [2.45, 2.75) is 54.0 Å². The molecule has 1 aromatic rings. The van der Waals surface area contributed by atoms with Gasteiger partial charge in [-0.1, -0.05) is 46.8 Å². The Kier molecular flexibility index (Phi) is 10.7. The topological polar surface area (TPSA) is 27.0 Å². The second kappa shape index (κ2) is 11.5. The normalized spacial score (nSPS) is 17.9. The van der Waals surface area contributed by atoms with Crippen molar-refractivity contribution in [3.8, 4) is 6.07 Å². The van der Waals surface area contributed by atoms with Crippen LogP contribution in [0, 0.1) is 17.2 Å². The van der Waals surface area contributed by atoms with Crippen LogP contribution in [0.1, 0.15) is 58.6 Å². The summed E-state index contributed by atoms with van der Waals surface area (Å²) in [5.41, 5.74) is 2.06. The zero-order valence-corrected chi connectivity index (χ0v) is 13.8. The van der Waals surface area contributed by atoms with E-state index >= 15 is 0 Å². The number of rotatable bonds is 2. The number of nitrogens with zero attached hydrogens (tertiary/aromatic N) is 2. The van der Waals surface area contributed by atoms with Crippen LogP contribution in [0.3, 0.4) is 0 Å². The van der Waals surface area contributed by atoms with Crippen LogP contribution >= 0.6 is 0 Å². The van der Waals surface area contributed by atoms with Crippen LogP contribution in [0.15, 0.2) is 24.3 Å². The Morgan fingerprint density at radius 2 is 1.75 bits per heavy atom. The lowest BCUT2D eigenvalue weighted by molar-refractivity contribution is 0.176. The predicted octanol–water partition coefficient (Wildman–Crippen LogP) is 4.84. The molecule has 0 spiro atoms. The summed E-state index contributed by atoms with van der Waals surface area (Å²) in [6.07, 6.45) is 2.68. The van der Waals surface area contributed by atoms with Gasteiger partial charge in [0.25, 0.3) is 0 Å². The lowest BCUT2D eigenvalue weighted by atomic mass is 10.00. The number of hydrogen-bond acceptors (Lipinski definition) is 2. The molecule has 2 rings (SSSR count). The molecule has 0 radical (unpaired) electrons. The molecule has 2 heteroatoms. The van der Waals surface area contributed by atoms with Gasteiger partial charge in [-0.25, -0.2) is 0 Å². The Morgan fingerprint density at radius 3 is 2.25 bits per heavy atom. The highest BCUT2D eigenvalue weighted by Gasteiger charge is 2.15. The molecular weight excluding hydrogens is 244 g/mol.